The molecule has 19 nitrogen and oxygen atoms in total. The van der Waals surface area contributed by atoms with Crippen LogP contribution < -0.4 is 40.5 Å². The molecule has 0 amide bonds. The van der Waals surface area contributed by atoms with Gasteiger partial charge < -0.3 is 55.2 Å². The van der Waals surface area contributed by atoms with E-state index >= 15 is 0 Å². The van der Waals surface area contributed by atoms with Gasteiger partial charge in [-0.15, -0.1) is 0 Å². The van der Waals surface area contributed by atoms with E-state index in [1.165, 1.54) is 11.6 Å². The van der Waals surface area contributed by atoms with E-state index in [1.54, 1.807) is 57.1 Å². The van der Waals surface area contributed by atoms with Gasteiger partial charge in [0.1, 0.15) is 29.0 Å². The Hall–Kier alpha value is -9.29. The van der Waals surface area contributed by atoms with Gasteiger partial charge in [0.25, 0.3) is 0 Å². The van der Waals surface area contributed by atoms with E-state index in [-0.39, 0.29) is 32.3 Å². The molecule has 4 aliphatic rings. The number of aliphatic imine (C=N–C) groups is 1. The SMILES string of the molecule is C.C.CC1=NCc2ncc(Nc3ccc(N4CCN(C)CC4)c(F)c3)cc21.CN1CCN(c2ccc(N)cc2F)CC1.COc1ccc(Cn2nc(C)c3cc(Br)cnc32)cc1.COc1ccc(Cn2nc(C)c3cc(Nc4ccc(N5CCN(C)CC5)c(F)c4)cnc32)cc1. The standard InChI is InChI=1S/C26H29FN6O.C19H22FN5.C15H14BrN3O.C11H16FN3.2CH4/c1-18-23-14-21(16-28-26(23)33(30-18)17-19-4-7-22(34-3)8-5-19)29-20-6-9-25(24(27)15-20)32-12-10-31(2)11-13-32;1-13-16-9-15(11-22-18(16)12-21-13)23-14-3-4-19(17(20)10-14)25-7-5-24(2)6-8-25;1-10-14-7-12(16)8-17-15(14)19(18-10)9-11-3-5-13(20-2)6-4-11;1-14-4-6-15(7-5-14)11-3-2-9(13)8-10(11)12;;/h4-9,14-16,29H,10-13,17H2,1-3H3;3-4,9-11,23H,5-8,12H2,1-2H3;3-8H,9H2,1-2H3;2-3,8H,4-7,13H2,1H3;2*1H4. The Kier molecular flexibility index (Phi) is 24.0. The summed E-state index contributed by atoms with van der Waals surface area (Å²) in [6.45, 7) is 18.8. The van der Waals surface area contributed by atoms with Crippen molar-refractivity contribution in [2.45, 2.75) is 55.3 Å². The first-order valence-corrected chi connectivity index (χ1v) is 32.3. The number of aromatic nitrogens is 7. The average molecular weight is 1370 g/mol. The van der Waals surface area contributed by atoms with Gasteiger partial charge in [-0.25, -0.2) is 32.5 Å². The Morgan fingerprint density at radius 2 is 0.885 bits per heavy atom. The van der Waals surface area contributed by atoms with Gasteiger partial charge in [-0.2, -0.15) is 10.2 Å². The number of ether oxygens (including phenoxy) is 2. The number of rotatable bonds is 13. The highest BCUT2D eigenvalue weighted by Gasteiger charge is 2.22. The van der Waals surface area contributed by atoms with Crippen molar-refractivity contribution in [1.29, 1.82) is 0 Å². The van der Waals surface area contributed by atoms with Crippen molar-refractivity contribution in [2.75, 3.05) is 145 Å². The smallest absolute Gasteiger partial charge is 0.158 e. The Morgan fingerprint density at radius 1 is 0.479 bits per heavy atom. The molecule has 0 atom stereocenters. The predicted octanol–water partition coefficient (Wildman–Crippen LogP) is 13.5. The highest BCUT2D eigenvalue weighted by molar-refractivity contribution is 9.10. The molecule has 0 aliphatic carbocycles. The number of hydrogen-bond acceptors (Lipinski definition) is 17. The van der Waals surface area contributed by atoms with Crippen molar-refractivity contribution in [3.8, 4) is 11.5 Å². The number of aryl methyl sites for hydroxylation is 2. The lowest BCUT2D eigenvalue weighted by Crippen LogP contribution is -2.44. The van der Waals surface area contributed by atoms with Gasteiger partial charge in [-0.1, -0.05) is 39.1 Å². The number of pyridine rings is 3. The summed E-state index contributed by atoms with van der Waals surface area (Å²) < 4.78 is 58.3. The third kappa shape index (κ3) is 17.6. The summed E-state index contributed by atoms with van der Waals surface area (Å²) >= 11 is 3.45. The third-order valence-electron chi connectivity index (χ3n) is 17.3. The van der Waals surface area contributed by atoms with Crippen LogP contribution in [-0.4, -0.2) is 169 Å². The summed E-state index contributed by atoms with van der Waals surface area (Å²) in [6, 6.07) is 37.6. The Morgan fingerprint density at radius 3 is 1.32 bits per heavy atom. The number of nitrogens with one attached hydrogen (secondary N) is 2. The summed E-state index contributed by atoms with van der Waals surface area (Å²) in [5.74, 6) is 1.05. The molecule has 0 saturated carbocycles. The monoisotopic (exact) mass is 1370 g/mol. The normalized spacial score (nSPS) is 14.8. The second kappa shape index (κ2) is 32.4. The molecule has 0 unspecified atom stereocenters. The Balaban J connectivity index is 0.000000155. The second-order valence-electron chi connectivity index (χ2n) is 24.1. The molecule has 0 bridgehead atoms. The van der Waals surface area contributed by atoms with E-state index in [1.807, 2.05) is 115 Å². The van der Waals surface area contributed by atoms with E-state index in [0.717, 1.165) is 168 Å². The molecule has 0 spiro atoms. The Labute approximate surface area is 570 Å². The summed E-state index contributed by atoms with van der Waals surface area (Å²) in [5.41, 5.74) is 20.0. The molecule has 506 valence electrons. The van der Waals surface area contributed by atoms with Crippen molar-refractivity contribution in [1.82, 2.24) is 49.2 Å². The molecule has 23 heteroatoms. The second-order valence-corrected chi connectivity index (χ2v) is 25.0. The molecular formula is C73H89BrF3N17O2. The van der Waals surface area contributed by atoms with Crippen molar-refractivity contribution in [3.05, 3.63) is 196 Å². The number of likely N-dealkylation sites (N-methyl/N-ethyl adjacent to an activating group) is 3. The Bertz CT molecular complexity index is 4260. The van der Waals surface area contributed by atoms with Gasteiger partial charge in [-0.3, -0.25) is 9.98 Å². The molecule has 9 heterocycles. The topological polar surface area (TPSA) is 175 Å². The van der Waals surface area contributed by atoms with Crippen LogP contribution in [0.3, 0.4) is 0 Å². The first-order valence-electron chi connectivity index (χ1n) is 31.5. The van der Waals surface area contributed by atoms with Crippen LogP contribution in [0.2, 0.25) is 0 Å². The lowest BCUT2D eigenvalue weighted by Gasteiger charge is -2.34. The van der Waals surface area contributed by atoms with Crippen LogP contribution in [0.4, 0.5) is 58.7 Å². The largest absolute Gasteiger partial charge is 0.497 e. The fourth-order valence-corrected chi connectivity index (χ4v) is 12.0. The highest BCUT2D eigenvalue weighted by Crippen LogP contribution is 2.31. The van der Waals surface area contributed by atoms with Gasteiger partial charge in [-0.05, 0) is 166 Å². The molecule has 0 radical (unpaired) electrons. The van der Waals surface area contributed by atoms with Crippen LogP contribution in [-0.2, 0) is 19.6 Å². The van der Waals surface area contributed by atoms with Crippen LogP contribution >= 0.6 is 15.9 Å². The van der Waals surface area contributed by atoms with Crippen molar-refractivity contribution >= 4 is 89.2 Å². The van der Waals surface area contributed by atoms with Crippen molar-refractivity contribution in [3.63, 3.8) is 0 Å². The first kappa shape index (κ1) is 71.0. The highest BCUT2D eigenvalue weighted by atomic mass is 79.9. The zero-order valence-corrected chi connectivity index (χ0v) is 56.1. The minimum Gasteiger partial charge on any atom is -0.497 e. The number of hydrogen-bond donors (Lipinski definition) is 3. The molecule has 5 aromatic heterocycles. The maximum atomic E-state index is 14.9. The van der Waals surface area contributed by atoms with Crippen LogP contribution in [0.5, 0.6) is 11.5 Å². The van der Waals surface area contributed by atoms with Crippen LogP contribution in [0.1, 0.15) is 55.5 Å². The maximum Gasteiger partial charge on any atom is 0.158 e. The van der Waals surface area contributed by atoms with Crippen LogP contribution in [0.15, 0.2) is 149 Å². The van der Waals surface area contributed by atoms with Crippen molar-refractivity contribution < 1.29 is 22.6 Å². The molecule has 4 N–H and O–H groups in total. The number of halogens is 4. The van der Waals surface area contributed by atoms with Crippen LogP contribution in [0, 0.1) is 31.3 Å². The number of anilines is 8. The predicted molar refractivity (Wildman–Crippen MR) is 389 cm³/mol. The maximum absolute atomic E-state index is 14.9. The minimum atomic E-state index is -0.223. The summed E-state index contributed by atoms with van der Waals surface area (Å²) in [6.07, 6.45) is 5.34. The molecule has 14 rings (SSSR count). The fraction of sp³-hybridized carbons (Fsp3) is 0.342. The number of fused-ring (bicyclic) bond motifs is 3. The molecule has 10 aromatic rings. The van der Waals surface area contributed by atoms with Gasteiger partial charge in [0, 0.05) is 128 Å². The van der Waals surface area contributed by atoms with Gasteiger partial charge in [0.2, 0.25) is 0 Å². The van der Waals surface area contributed by atoms with Gasteiger partial charge >= 0.3 is 0 Å². The zero-order valence-electron chi connectivity index (χ0n) is 54.6. The van der Waals surface area contributed by atoms with E-state index in [2.05, 4.69) is 113 Å². The van der Waals surface area contributed by atoms with Crippen LogP contribution in [0.25, 0.3) is 22.1 Å². The minimum absolute atomic E-state index is 0. The number of piperazine rings is 3. The quantitative estimate of drug-likeness (QED) is 0.0929. The zero-order chi connectivity index (χ0) is 66.0. The third-order valence-corrected chi connectivity index (χ3v) is 17.7. The summed E-state index contributed by atoms with van der Waals surface area (Å²) in [5, 5.41) is 17.8. The molecule has 5 aromatic carbocycles. The van der Waals surface area contributed by atoms with Gasteiger partial charge in [0.05, 0.1) is 91.8 Å². The fourth-order valence-electron chi connectivity index (χ4n) is 11.7. The lowest BCUT2D eigenvalue weighted by atomic mass is 10.1. The number of nitrogens with zero attached hydrogens (tertiary/aromatic N) is 14. The molecular weight excluding hydrogens is 1280 g/mol. The number of nitrogen functional groups attached to an aromatic ring is 1. The first-order chi connectivity index (χ1) is 45.4. The molecule has 3 fully saturated rings. The van der Waals surface area contributed by atoms with Gasteiger partial charge in [0.15, 0.2) is 11.3 Å². The van der Waals surface area contributed by atoms with E-state index in [0.29, 0.717) is 48.1 Å². The number of benzene rings is 5. The average Bonchev–Trinajstić information content (AvgIpc) is 1.66. The number of nitrogens with two attached hydrogens (primary N) is 1. The lowest BCUT2D eigenvalue weighted by molar-refractivity contribution is 0.311. The van der Waals surface area contributed by atoms with E-state index in [9.17, 15) is 13.2 Å². The molecule has 96 heavy (non-hydrogen) atoms. The van der Waals surface area contributed by atoms with Crippen molar-refractivity contribution in [2.24, 2.45) is 4.99 Å². The summed E-state index contributed by atoms with van der Waals surface area (Å²) in [7, 11) is 9.59. The van der Waals surface area contributed by atoms with E-state index in [4.69, 9.17) is 15.2 Å². The molecule has 3 saturated heterocycles. The summed E-state index contributed by atoms with van der Waals surface area (Å²) in [4.78, 5) is 31.0. The molecule has 4 aliphatic heterocycles. The number of methoxy groups -OCH3 is 2. The van der Waals surface area contributed by atoms with E-state index < -0.39 is 0 Å².